The van der Waals surface area contributed by atoms with Crippen molar-refractivity contribution in [3.8, 4) is 83.8 Å². The molecule has 0 unspecified atom stereocenters. The number of anilines is 3. The Kier molecular flexibility index (Phi) is 11.3. The average molecular weight is 894 g/mol. The Morgan fingerprint density at radius 3 is 1.03 bits per heavy atom. The minimum Gasteiger partial charge on any atom is -0.311 e. The number of para-hydroxylation sites is 2. The lowest BCUT2D eigenvalue weighted by atomic mass is 9.97. The summed E-state index contributed by atoms with van der Waals surface area (Å²) in [5.41, 5.74) is 21.6. The van der Waals surface area contributed by atoms with Crippen LogP contribution >= 0.6 is 0 Å². The largest absolute Gasteiger partial charge is 0.311 e. The summed E-state index contributed by atoms with van der Waals surface area (Å²) in [5, 5.41) is 0. The van der Waals surface area contributed by atoms with Crippen LogP contribution in [0.4, 0.5) is 17.1 Å². The Labute approximate surface area is 409 Å². The molecule has 3 nitrogen and oxygen atoms in total. The molecule has 12 aromatic rings. The van der Waals surface area contributed by atoms with E-state index in [1.54, 1.807) is 0 Å². The Morgan fingerprint density at radius 2 is 0.586 bits per heavy atom. The zero-order valence-electron chi connectivity index (χ0n) is 38.5. The highest BCUT2D eigenvalue weighted by atomic mass is 15.1. The van der Waals surface area contributed by atoms with Crippen molar-refractivity contribution in [3.05, 3.63) is 285 Å². The molecule has 0 spiro atoms. The van der Waals surface area contributed by atoms with Gasteiger partial charge in [-0.15, -0.1) is 0 Å². The smallest absolute Gasteiger partial charge is 0.145 e. The average Bonchev–Trinajstić information content (AvgIpc) is 3.85. The quantitative estimate of drug-likeness (QED) is 0.129. The second kappa shape index (κ2) is 18.8. The molecule has 0 saturated carbocycles. The summed E-state index contributed by atoms with van der Waals surface area (Å²) in [6.45, 7) is 0. The number of fused-ring (bicyclic) bond motifs is 1. The number of hydrogen-bond donors (Lipinski definition) is 0. The molecule has 1 aromatic heterocycles. The van der Waals surface area contributed by atoms with Gasteiger partial charge in [0.15, 0.2) is 0 Å². The van der Waals surface area contributed by atoms with E-state index < -0.39 is 0 Å². The van der Waals surface area contributed by atoms with Crippen LogP contribution in [0.25, 0.3) is 94.9 Å². The molecule has 0 radical (unpaired) electrons. The standard InChI is InChI=1S/C67H47N3/c1-5-15-48(16-6-1)50-27-31-52(32-28-50)54-35-41-61(42-36-54)69(62-43-37-55(38-44-62)53-33-29-51(30-34-53)49-17-7-2-8-18-49)63-45-39-56(40-46-63)58-21-13-22-59(47-58)64-25-14-26-65-66(64)70(60-23-11-4-12-24-60)67(68-65)57-19-9-3-10-20-57/h1-47H. The second-order valence-corrected chi connectivity index (χ2v) is 17.6. The van der Waals surface area contributed by atoms with Crippen LogP contribution in [-0.4, -0.2) is 9.55 Å². The highest BCUT2D eigenvalue weighted by Crippen LogP contribution is 2.40. The van der Waals surface area contributed by atoms with Gasteiger partial charge in [0.05, 0.1) is 11.0 Å². The third-order valence-electron chi connectivity index (χ3n) is 13.3. The molecule has 0 saturated heterocycles. The van der Waals surface area contributed by atoms with Crippen molar-refractivity contribution in [1.82, 2.24) is 9.55 Å². The summed E-state index contributed by atoms with van der Waals surface area (Å²) in [6.07, 6.45) is 0. The molecule has 1 heterocycles. The number of aromatic nitrogens is 2. The van der Waals surface area contributed by atoms with Crippen LogP contribution in [0, 0.1) is 0 Å². The molecule has 12 rings (SSSR count). The molecule has 0 bridgehead atoms. The van der Waals surface area contributed by atoms with E-state index in [0.717, 1.165) is 67.4 Å². The lowest BCUT2D eigenvalue weighted by molar-refractivity contribution is 1.10. The minimum absolute atomic E-state index is 0.921. The van der Waals surface area contributed by atoms with E-state index in [1.165, 1.54) is 44.5 Å². The molecule has 0 aliphatic heterocycles. The zero-order chi connectivity index (χ0) is 46.6. The predicted molar refractivity (Wildman–Crippen MR) is 294 cm³/mol. The van der Waals surface area contributed by atoms with Crippen LogP contribution < -0.4 is 4.90 Å². The van der Waals surface area contributed by atoms with Gasteiger partial charge in [0.2, 0.25) is 0 Å². The summed E-state index contributed by atoms with van der Waals surface area (Å²) in [6, 6.07) is 102. The van der Waals surface area contributed by atoms with Crippen LogP contribution in [0.3, 0.4) is 0 Å². The zero-order valence-corrected chi connectivity index (χ0v) is 38.5. The van der Waals surface area contributed by atoms with Crippen molar-refractivity contribution in [2.45, 2.75) is 0 Å². The Morgan fingerprint density at radius 1 is 0.257 bits per heavy atom. The van der Waals surface area contributed by atoms with Crippen LogP contribution in [0.15, 0.2) is 285 Å². The van der Waals surface area contributed by atoms with Gasteiger partial charge in [-0.3, -0.25) is 4.57 Å². The molecule has 0 N–H and O–H groups in total. The maximum absolute atomic E-state index is 5.23. The molecule has 3 heteroatoms. The normalized spacial score (nSPS) is 11.1. The first-order chi connectivity index (χ1) is 34.7. The fourth-order valence-corrected chi connectivity index (χ4v) is 9.66. The van der Waals surface area contributed by atoms with Gasteiger partial charge in [0.1, 0.15) is 5.82 Å². The van der Waals surface area contributed by atoms with Crippen molar-refractivity contribution in [2.75, 3.05) is 4.90 Å². The second-order valence-electron chi connectivity index (χ2n) is 17.6. The van der Waals surface area contributed by atoms with Crippen molar-refractivity contribution in [2.24, 2.45) is 0 Å². The van der Waals surface area contributed by atoms with Gasteiger partial charge >= 0.3 is 0 Å². The van der Waals surface area contributed by atoms with Gasteiger partial charge < -0.3 is 4.90 Å². The number of benzene rings is 11. The SMILES string of the molecule is c1ccc(-c2ccc(-c3ccc(N(c4ccc(-c5ccc(-c6ccccc6)cc5)cc4)c4ccc(-c5cccc(-c6cccc7nc(-c8ccccc8)n(-c8ccccc8)c67)c5)cc4)cc3)cc2)cc1. The molecule has 70 heavy (non-hydrogen) atoms. The predicted octanol–water partition coefficient (Wildman–Crippen LogP) is 18.2. The van der Waals surface area contributed by atoms with E-state index in [4.69, 9.17) is 4.98 Å². The van der Waals surface area contributed by atoms with Gasteiger partial charge in [0.25, 0.3) is 0 Å². The first kappa shape index (κ1) is 42.1. The number of imidazole rings is 1. The van der Waals surface area contributed by atoms with E-state index in [0.29, 0.717) is 0 Å². The summed E-state index contributed by atoms with van der Waals surface area (Å²) < 4.78 is 2.30. The number of hydrogen-bond acceptors (Lipinski definition) is 2. The maximum atomic E-state index is 5.23. The molecule has 0 amide bonds. The van der Waals surface area contributed by atoms with Gasteiger partial charge in [0, 0.05) is 33.9 Å². The Hall–Kier alpha value is -9.31. The third kappa shape index (κ3) is 8.38. The first-order valence-electron chi connectivity index (χ1n) is 23.9. The highest BCUT2D eigenvalue weighted by Gasteiger charge is 2.19. The topological polar surface area (TPSA) is 21.1 Å². The van der Waals surface area contributed by atoms with Crippen LogP contribution in [0.1, 0.15) is 0 Å². The number of rotatable bonds is 11. The van der Waals surface area contributed by atoms with Crippen molar-refractivity contribution in [1.29, 1.82) is 0 Å². The lowest BCUT2D eigenvalue weighted by Gasteiger charge is -2.26. The molecular formula is C67H47N3. The fourth-order valence-electron chi connectivity index (χ4n) is 9.66. The van der Waals surface area contributed by atoms with E-state index in [-0.39, 0.29) is 0 Å². The molecule has 0 aliphatic carbocycles. The summed E-state index contributed by atoms with van der Waals surface area (Å²) in [7, 11) is 0. The summed E-state index contributed by atoms with van der Waals surface area (Å²) in [4.78, 5) is 7.58. The molecule has 0 atom stereocenters. The minimum atomic E-state index is 0.921. The maximum Gasteiger partial charge on any atom is 0.145 e. The van der Waals surface area contributed by atoms with Gasteiger partial charge in [-0.05, 0) is 122 Å². The molecule has 0 aliphatic rings. The van der Waals surface area contributed by atoms with Gasteiger partial charge in [-0.2, -0.15) is 0 Å². The van der Waals surface area contributed by atoms with E-state index in [2.05, 4.69) is 295 Å². The summed E-state index contributed by atoms with van der Waals surface area (Å²) in [5.74, 6) is 0.921. The van der Waals surface area contributed by atoms with Gasteiger partial charge in [-0.1, -0.05) is 224 Å². The monoisotopic (exact) mass is 893 g/mol. The molecule has 330 valence electrons. The van der Waals surface area contributed by atoms with Crippen molar-refractivity contribution in [3.63, 3.8) is 0 Å². The van der Waals surface area contributed by atoms with Crippen molar-refractivity contribution < 1.29 is 0 Å². The molecule has 0 fully saturated rings. The molecular weight excluding hydrogens is 847 g/mol. The lowest BCUT2D eigenvalue weighted by Crippen LogP contribution is -2.09. The summed E-state index contributed by atoms with van der Waals surface area (Å²) >= 11 is 0. The van der Waals surface area contributed by atoms with Crippen LogP contribution in [0.5, 0.6) is 0 Å². The Balaban J connectivity index is 0.885. The van der Waals surface area contributed by atoms with Crippen LogP contribution in [-0.2, 0) is 0 Å². The number of nitrogens with zero attached hydrogens (tertiary/aromatic N) is 3. The van der Waals surface area contributed by atoms with Crippen molar-refractivity contribution >= 4 is 28.1 Å². The van der Waals surface area contributed by atoms with E-state index in [1.807, 2.05) is 0 Å². The first-order valence-corrected chi connectivity index (χ1v) is 23.9. The van der Waals surface area contributed by atoms with Crippen LogP contribution in [0.2, 0.25) is 0 Å². The highest BCUT2D eigenvalue weighted by molar-refractivity contribution is 5.97. The molecule has 11 aromatic carbocycles. The Bertz CT molecular complexity index is 3550. The van der Waals surface area contributed by atoms with E-state index in [9.17, 15) is 0 Å². The third-order valence-corrected chi connectivity index (χ3v) is 13.3. The fraction of sp³-hybridized carbons (Fsp3) is 0. The van der Waals surface area contributed by atoms with Gasteiger partial charge in [-0.25, -0.2) is 4.98 Å². The van der Waals surface area contributed by atoms with E-state index >= 15 is 0 Å².